The Morgan fingerprint density at radius 2 is 1.95 bits per heavy atom. The molecule has 2 nitrogen and oxygen atoms in total. The molecule has 0 saturated heterocycles. The van der Waals surface area contributed by atoms with Crippen LogP contribution in [0.1, 0.15) is 10.4 Å². The lowest BCUT2D eigenvalue weighted by Crippen LogP contribution is -2.02. The highest BCUT2D eigenvalue weighted by Crippen LogP contribution is 2.50. The van der Waals surface area contributed by atoms with E-state index in [0.717, 1.165) is 14.3 Å². The van der Waals surface area contributed by atoms with E-state index < -0.39 is 0 Å². The minimum absolute atomic E-state index is 0.298. The van der Waals surface area contributed by atoms with Crippen LogP contribution in [0, 0.1) is 0 Å². The van der Waals surface area contributed by atoms with E-state index in [-0.39, 0.29) is 5.97 Å². The standard InChI is InChI=1S/C14H9BrO2S2/c1-17-14(16)8-5-6-10-12(7-8)18-11-4-2-3-9(15)13(11)19-10/h2-7H,1H3. The number of ether oxygens (including phenoxy) is 1. The third kappa shape index (κ3) is 2.42. The van der Waals surface area contributed by atoms with Crippen LogP contribution in [0.5, 0.6) is 0 Å². The Hall–Kier alpha value is -0.910. The zero-order chi connectivity index (χ0) is 13.4. The maximum absolute atomic E-state index is 11.6. The zero-order valence-electron chi connectivity index (χ0n) is 9.98. The van der Waals surface area contributed by atoms with E-state index in [1.54, 1.807) is 29.6 Å². The molecule has 0 aliphatic carbocycles. The number of fused-ring (bicyclic) bond motifs is 2. The van der Waals surface area contributed by atoms with Crippen LogP contribution < -0.4 is 0 Å². The van der Waals surface area contributed by atoms with E-state index in [1.807, 2.05) is 24.3 Å². The Labute approximate surface area is 128 Å². The molecule has 0 unspecified atom stereocenters. The highest BCUT2D eigenvalue weighted by molar-refractivity contribution is 9.10. The molecule has 5 heteroatoms. The van der Waals surface area contributed by atoms with Crippen LogP contribution in [0.25, 0.3) is 0 Å². The first kappa shape index (κ1) is 13.1. The highest BCUT2D eigenvalue weighted by atomic mass is 79.9. The predicted octanol–water partition coefficient (Wildman–Crippen LogP) is 4.85. The van der Waals surface area contributed by atoms with Crippen molar-refractivity contribution in [2.45, 2.75) is 19.6 Å². The maximum Gasteiger partial charge on any atom is 0.337 e. The number of carbonyl (C=O) groups is 1. The molecule has 0 radical (unpaired) electrons. The highest BCUT2D eigenvalue weighted by Gasteiger charge is 2.20. The van der Waals surface area contributed by atoms with Gasteiger partial charge in [0.2, 0.25) is 0 Å². The van der Waals surface area contributed by atoms with Crippen molar-refractivity contribution < 1.29 is 9.53 Å². The molecule has 19 heavy (non-hydrogen) atoms. The number of hydrogen-bond donors (Lipinski definition) is 0. The second kappa shape index (κ2) is 5.23. The lowest BCUT2D eigenvalue weighted by molar-refractivity contribution is 0.0600. The summed E-state index contributed by atoms with van der Waals surface area (Å²) in [4.78, 5) is 16.2. The Morgan fingerprint density at radius 1 is 1.11 bits per heavy atom. The first-order chi connectivity index (χ1) is 9.19. The van der Waals surface area contributed by atoms with Crippen LogP contribution in [-0.4, -0.2) is 13.1 Å². The van der Waals surface area contributed by atoms with Gasteiger partial charge in [-0.15, -0.1) is 0 Å². The number of hydrogen-bond acceptors (Lipinski definition) is 4. The second-order valence-corrected chi connectivity index (χ2v) is 6.91. The zero-order valence-corrected chi connectivity index (χ0v) is 13.2. The normalized spacial score (nSPS) is 12.5. The first-order valence-corrected chi connectivity index (χ1v) is 7.98. The summed E-state index contributed by atoms with van der Waals surface area (Å²) in [6, 6.07) is 11.8. The SMILES string of the molecule is COC(=O)c1ccc2c(c1)Sc1cccc(Br)c1S2. The van der Waals surface area contributed by atoms with Crippen molar-refractivity contribution in [3.8, 4) is 0 Å². The fourth-order valence-electron chi connectivity index (χ4n) is 1.81. The smallest absolute Gasteiger partial charge is 0.337 e. The van der Waals surface area contributed by atoms with E-state index in [0.29, 0.717) is 5.56 Å². The molecule has 0 bridgehead atoms. The summed E-state index contributed by atoms with van der Waals surface area (Å²) < 4.78 is 5.86. The molecule has 0 saturated carbocycles. The molecule has 1 aliphatic rings. The molecule has 0 aromatic heterocycles. The van der Waals surface area contributed by atoms with Gasteiger partial charge in [0, 0.05) is 24.1 Å². The Morgan fingerprint density at radius 3 is 2.74 bits per heavy atom. The molecule has 0 fully saturated rings. The molecule has 0 N–H and O–H groups in total. The number of halogens is 1. The van der Waals surface area contributed by atoms with Gasteiger partial charge in [-0.2, -0.15) is 0 Å². The number of benzene rings is 2. The minimum atomic E-state index is -0.298. The van der Waals surface area contributed by atoms with Crippen LogP contribution in [-0.2, 0) is 4.74 Å². The van der Waals surface area contributed by atoms with Crippen molar-refractivity contribution in [1.29, 1.82) is 0 Å². The Balaban J connectivity index is 2.03. The average molecular weight is 353 g/mol. The van der Waals surface area contributed by atoms with Crippen LogP contribution in [0.15, 0.2) is 60.5 Å². The van der Waals surface area contributed by atoms with Crippen molar-refractivity contribution in [3.05, 3.63) is 46.4 Å². The van der Waals surface area contributed by atoms with Gasteiger partial charge in [-0.05, 0) is 46.3 Å². The summed E-state index contributed by atoms with van der Waals surface area (Å²) in [5, 5.41) is 0. The largest absolute Gasteiger partial charge is 0.465 e. The summed E-state index contributed by atoms with van der Waals surface area (Å²) in [5.74, 6) is -0.298. The minimum Gasteiger partial charge on any atom is -0.465 e. The van der Waals surface area contributed by atoms with Crippen molar-refractivity contribution in [1.82, 2.24) is 0 Å². The first-order valence-electron chi connectivity index (χ1n) is 5.55. The van der Waals surface area contributed by atoms with Crippen LogP contribution in [0.2, 0.25) is 0 Å². The molecule has 1 heterocycles. The van der Waals surface area contributed by atoms with Crippen LogP contribution >= 0.6 is 39.5 Å². The molecule has 0 atom stereocenters. The topological polar surface area (TPSA) is 26.3 Å². The van der Waals surface area contributed by atoms with Gasteiger partial charge in [0.1, 0.15) is 0 Å². The molecule has 1 aliphatic heterocycles. The summed E-state index contributed by atoms with van der Waals surface area (Å²) in [5.41, 5.74) is 0.591. The van der Waals surface area contributed by atoms with E-state index in [9.17, 15) is 4.79 Å². The van der Waals surface area contributed by atoms with Crippen LogP contribution in [0.4, 0.5) is 0 Å². The molecular weight excluding hydrogens is 344 g/mol. The molecule has 0 amide bonds. The van der Waals surface area contributed by atoms with Crippen molar-refractivity contribution >= 4 is 45.4 Å². The van der Waals surface area contributed by atoms with Crippen molar-refractivity contribution in [3.63, 3.8) is 0 Å². The molecule has 2 aromatic carbocycles. The van der Waals surface area contributed by atoms with Gasteiger partial charge in [-0.25, -0.2) is 4.79 Å². The number of esters is 1. The molecular formula is C14H9BrO2S2. The van der Waals surface area contributed by atoms with E-state index in [1.165, 1.54) is 16.9 Å². The van der Waals surface area contributed by atoms with Gasteiger partial charge in [-0.3, -0.25) is 0 Å². The van der Waals surface area contributed by atoms with Gasteiger partial charge in [0.05, 0.1) is 12.7 Å². The summed E-state index contributed by atoms with van der Waals surface area (Å²) in [6.07, 6.45) is 0. The van der Waals surface area contributed by atoms with Crippen molar-refractivity contribution in [2.75, 3.05) is 7.11 Å². The second-order valence-electron chi connectivity index (χ2n) is 3.92. The summed E-state index contributed by atoms with van der Waals surface area (Å²) in [6.45, 7) is 0. The number of rotatable bonds is 1. The predicted molar refractivity (Wildman–Crippen MR) is 80.2 cm³/mol. The van der Waals surface area contributed by atoms with E-state index >= 15 is 0 Å². The molecule has 0 spiro atoms. The third-order valence-corrected chi connectivity index (χ3v) is 6.25. The number of carbonyl (C=O) groups excluding carboxylic acids is 1. The van der Waals surface area contributed by atoms with Gasteiger partial charge in [-0.1, -0.05) is 29.6 Å². The molecule has 3 rings (SSSR count). The monoisotopic (exact) mass is 352 g/mol. The lowest BCUT2D eigenvalue weighted by Gasteiger charge is -2.19. The van der Waals surface area contributed by atoms with Crippen molar-refractivity contribution in [2.24, 2.45) is 0 Å². The Bertz CT molecular complexity index is 670. The molecule has 96 valence electrons. The fourth-order valence-corrected chi connectivity index (χ4v) is 4.84. The average Bonchev–Trinajstić information content (AvgIpc) is 2.44. The quantitative estimate of drug-likeness (QED) is 0.584. The van der Waals surface area contributed by atoms with E-state index in [4.69, 9.17) is 4.74 Å². The fraction of sp³-hybridized carbons (Fsp3) is 0.0714. The summed E-state index contributed by atoms with van der Waals surface area (Å²) >= 11 is 6.97. The van der Waals surface area contributed by atoms with Gasteiger partial charge < -0.3 is 4.74 Å². The Kier molecular flexibility index (Phi) is 3.60. The molecule has 2 aromatic rings. The third-order valence-electron chi connectivity index (χ3n) is 2.73. The van der Waals surface area contributed by atoms with Gasteiger partial charge in [0.15, 0.2) is 0 Å². The lowest BCUT2D eigenvalue weighted by atomic mass is 10.2. The van der Waals surface area contributed by atoms with Crippen LogP contribution in [0.3, 0.4) is 0 Å². The van der Waals surface area contributed by atoms with Gasteiger partial charge >= 0.3 is 5.97 Å². The maximum atomic E-state index is 11.6. The summed E-state index contributed by atoms with van der Waals surface area (Å²) in [7, 11) is 1.40. The number of methoxy groups -OCH3 is 1. The van der Waals surface area contributed by atoms with Gasteiger partial charge in [0.25, 0.3) is 0 Å². The van der Waals surface area contributed by atoms with E-state index in [2.05, 4.69) is 22.0 Å².